The van der Waals surface area contributed by atoms with Crippen LogP contribution < -0.4 is 10.6 Å². The van der Waals surface area contributed by atoms with Gasteiger partial charge in [-0.15, -0.1) is 0 Å². The molecule has 2 rings (SSSR count). The lowest BCUT2D eigenvalue weighted by Crippen LogP contribution is -2.42. The van der Waals surface area contributed by atoms with Gasteiger partial charge in [0.1, 0.15) is 9.84 Å². The molecule has 2 N–H and O–H groups in total. The second-order valence-electron chi connectivity index (χ2n) is 5.87. The van der Waals surface area contributed by atoms with Crippen molar-refractivity contribution in [2.45, 2.75) is 25.9 Å². The second-order valence-corrected chi connectivity index (χ2v) is 8.13. The number of benzene rings is 1. The molecule has 1 unspecified atom stereocenters. The zero-order valence-electron chi connectivity index (χ0n) is 14.3. The maximum Gasteiger partial charge on any atom is 0.191 e. The Balaban J connectivity index is 1.96. The van der Waals surface area contributed by atoms with Gasteiger partial charge in [0, 0.05) is 30.9 Å². The summed E-state index contributed by atoms with van der Waals surface area (Å²) in [5, 5.41) is 8.69. The standard InChI is InChI=1S/C17H24N4O2S/c1-13(9-11-24(3,22)23)21-17(18-2)20-12-16-15-7-5-4-6-14(15)8-10-19-16/h4-8,10,13H,9,11-12H2,1-3H3,(H2,18,20,21). The maximum absolute atomic E-state index is 11.2. The third-order valence-electron chi connectivity index (χ3n) is 3.71. The van der Waals surface area contributed by atoms with Gasteiger partial charge < -0.3 is 10.6 Å². The van der Waals surface area contributed by atoms with Gasteiger partial charge >= 0.3 is 0 Å². The molecule has 7 heteroatoms. The lowest BCUT2D eigenvalue weighted by atomic mass is 10.1. The Morgan fingerprint density at radius 1 is 1.29 bits per heavy atom. The summed E-state index contributed by atoms with van der Waals surface area (Å²) in [6, 6.07) is 10.1. The van der Waals surface area contributed by atoms with Gasteiger partial charge in [0.15, 0.2) is 5.96 Å². The molecule has 0 saturated heterocycles. The minimum absolute atomic E-state index is 0.00593. The fraction of sp³-hybridized carbons (Fsp3) is 0.412. The van der Waals surface area contributed by atoms with Crippen molar-refractivity contribution < 1.29 is 8.42 Å². The third-order valence-corrected chi connectivity index (χ3v) is 4.69. The Kier molecular flexibility index (Phi) is 6.14. The quantitative estimate of drug-likeness (QED) is 0.613. The Labute approximate surface area is 143 Å². The van der Waals surface area contributed by atoms with Crippen molar-refractivity contribution in [2.24, 2.45) is 4.99 Å². The highest BCUT2D eigenvalue weighted by Gasteiger charge is 2.10. The van der Waals surface area contributed by atoms with Gasteiger partial charge in [-0.1, -0.05) is 24.3 Å². The molecule has 0 amide bonds. The number of hydrogen-bond donors (Lipinski definition) is 2. The zero-order valence-corrected chi connectivity index (χ0v) is 15.1. The van der Waals surface area contributed by atoms with Crippen LogP contribution in [0.1, 0.15) is 19.0 Å². The Morgan fingerprint density at radius 3 is 2.75 bits per heavy atom. The summed E-state index contributed by atoms with van der Waals surface area (Å²) in [6.45, 7) is 2.48. The Morgan fingerprint density at radius 2 is 2.04 bits per heavy atom. The van der Waals surface area contributed by atoms with Crippen molar-refractivity contribution >= 4 is 26.6 Å². The molecule has 0 aliphatic carbocycles. The van der Waals surface area contributed by atoms with Crippen LogP contribution >= 0.6 is 0 Å². The molecule has 0 spiro atoms. The van der Waals surface area contributed by atoms with Crippen LogP contribution in [0.4, 0.5) is 0 Å². The lowest BCUT2D eigenvalue weighted by Gasteiger charge is -2.17. The zero-order chi connectivity index (χ0) is 17.6. The van der Waals surface area contributed by atoms with E-state index in [1.807, 2.05) is 31.2 Å². The van der Waals surface area contributed by atoms with Crippen LogP contribution in [0, 0.1) is 0 Å². The predicted octanol–water partition coefficient (Wildman–Crippen LogP) is 1.72. The molecular weight excluding hydrogens is 324 g/mol. The number of rotatable bonds is 6. The van der Waals surface area contributed by atoms with Crippen molar-refractivity contribution in [3.05, 3.63) is 42.2 Å². The second kappa shape index (κ2) is 8.10. The molecule has 0 aliphatic rings. The summed E-state index contributed by atoms with van der Waals surface area (Å²) < 4.78 is 22.5. The van der Waals surface area contributed by atoms with E-state index in [2.05, 4.69) is 26.7 Å². The average molecular weight is 348 g/mol. The van der Waals surface area contributed by atoms with Gasteiger partial charge in [0.05, 0.1) is 18.0 Å². The summed E-state index contributed by atoms with van der Waals surface area (Å²) >= 11 is 0. The maximum atomic E-state index is 11.2. The lowest BCUT2D eigenvalue weighted by molar-refractivity contribution is 0.581. The smallest absolute Gasteiger partial charge is 0.191 e. The summed E-state index contributed by atoms with van der Waals surface area (Å²) in [6.07, 6.45) is 3.58. The molecule has 0 saturated carbocycles. The molecule has 0 aliphatic heterocycles. The molecule has 2 aromatic rings. The predicted molar refractivity (Wildman–Crippen MR) is 98.9 cm³/mol. The first kappa shape index (κ1) is 18.2. The summed E-state index contributed by atoms with van der Waals surface area (Å²) in [4.78, 5) is 8.62. The molecule has 1 atom stereocenters. The van der Waals surface area contributed by atoms with Crippen molar-refractivity contribution in [1.82, 2.24) is 15.6 Å². The minimum atomic E-state index is -2.95. The summed E-state index contributed by atoms with van der Waals surface area (Å²) in [5.74, 6) is 0.786. The van der Waals surface area contributed by atoms with Crippen molar-refractivity contribution in [2.75, 3.05) is 19.1 Å². The van der Waals surface area contributed by atoms with E-state index in [0.29, 0.717) is 18.9 Å². The van der Waals surface area contributed by atoms with Crippen molar-refractivity contribution in [3.63, 3.8) is 0 Å². The molecule has 130 valence electrons. The number of guanidine groups is 1. The molecule has 0 radical (unpaired) electrons. The van der Waals surface area contributed by atoms with Crippen LogP contribution in [0.3, 0.4) is 0 Å². The fourth-order valence-electron chi connectivity index (χ4n) is 2.38. The highest BCUT2D eigenvalue weighted by Crippen LogP contribution is 2.15. The Hall–Kier alpha value is -2.15. The highest BCUT2D eigenvalue weighted by molar-refractivity contribution is 7.90. The fourth-order valence-corrected chi connectivity index (χ4v) is 3.16. The van der Waals surface area contributed by atoms with Gasteiger partial charge in [0.2, 0.25) is 0 Å². The molecular formula is C17H24N4O2S. The number of nitrogens with zero attached hydrogens (tertiary/aromatic N) is 2. The molecule has 1 heterocycles. The molecule has 0 bridgehead atoms. The van der Waals surface area contributed by atoms with Gasteiger partial charge in [-0.25, -0.2) is 8.42 Å². The molecule has 1 aromatic carbocycles. The number of aromatic nitrogens is 1. The largest absolute Gasteiger partial charge is 0.354 e. The average Bonchev–Trinajstić information content (AvgIpc) is 2.56. The van der Waals surface area contributed by atoms with E-state index in [-0.39, 0.29) is 11.8 Å². The van der Waals surface area contributed by atoms with Crippen molar-refractivity contribution in [3.8, 4) is 0 Å². The van der Waals surface area contributed by atoms with Crippen LogP contribution in [0.25, 0.3) is 10.8 Å². The number of aliphatic imine (C=N–C) groups is 1. The summed E-state index contributed by atoms with van der Waals surface area (Å²) in [7, 11) is -1.26. The number of pyridine rings is 1. The van der Waals surface area contributed by atoms with Gasteiger partial charge in [-0.3, -0.25) is 9.98 Å². The van der Waals surface area contributed by atoms with Gasteiger partial charge in [-0.05, 0) is 24.8 Å². The molecule has 24 heavy (non-hydrogen) atoms. The van der Waals surface area contributed by atoms with E-state index in [4.69, 9.17) is 0 Å². The van der Waals surface area contributed by atoms with E-state index in [0.717, 1.165) is 16.5 Å². The first-order chi connectivity index (χ1) is 11.4. The van der Waals surface area contributed by atoms with E-state index >= 15 is 0 Å². The topological polar surface area (TPSA) is 83.4 Å². The number of fused-ring (bicyclic) bond motifs is 1. The molecule has 0 fully saturated rings. The van der Waals surface area contributed by atoms with Gasteiger partial charge in [0.25, 0.3) is 0 Å². The van der Waals surface area contributed by atoms with Gasteiger partial charge in [-0.2, -0.15) is 0 Å². The number of sulfone groups is 1. The first-order valence-corrected chi connectivity index (χ1v) is 9.92. The van der Waals surface area contributed by atoms with Crippen LogP contribution in [0.5, 0.6) is 0 Å². The van der Waals surface area contributed by atoms with E-state index in [1.54, 1.807) is 13.2 Å². The Bertz CT molecular complexity index is 813. The van der Waals surface area contributed by atoms with Crippen LogP contribution in [-0.2, 0) is 16.4 Å². The van der Waals surface area contributed by atoms with Crippen LogP contribution in [-0.4, -0.2) is 44.5 Å². The van der Waals surface area contributed by atoms with Crippen LogP contribution in [0.2, 0.25) is 0 Å². The van der Waals surface area contributed by atoms with E-state index in [1.165, 1.54) is 6.26 Å². The van der Waals surface area contributed by atoms with Crippen molar-refractivity contribution in [1.29, 1.82) is 0 Å². The minimum Gasteiger partial charge on any atom is -0.354 e. The van der Waals surface area contributed by atoms with E-state index < -0.39 is 9.84 Å². The normalized spacial score (nSPS) is 13.7. The number of nitrogens with one attached hydrogen (secondary N) is 2. The molecule has 1 aromatic heterocycles. The van der Waals surface area contributed by atoms with Crippen LogP contribution in [0.15, 0.2) is 41.5 Å². The summed E-state index contributed by atoms with van der Waals surface area (Å²) in [5.41, 5.74) is 0.944. The highest BCUT2D eigenvalue weighted by atomic mass is 32.2. The monoisotopic (exact) mass is 348 g/mol. The van der Waals surface area contributed by atoms with E-state index in [9.17, 15) is 8.42 Å². The number of hydrogen-bond acceptors (Lipinski definition) is 4. The first-order valence-electron chi connectivity index (χ1n) is 7.86. The SMILES string of the molecule is CN=C(NCc1nccc2ccccc12)NC(C)CCS(C)(=O)=O. The molecule has 6 nitrogen and oxygen atoms in total. The third kappa shape index (κ3) is 5.49.